The van der Waals surface area contributed by atoms with Gasteiger partial charge < -0.3 is 9.57 Å². The van der Waals surface area contributed by atoms with Crippen molar-refractivity contribution in [3.8, 4) is 5.75 Å². The highest BCUT2D eigenvalue weighted by molar-refractivity contribution is 7.86. The van der Waals surface area contributed by atoms with Crippen molar-refractivity contribution in [3.63, 3.8) is 0 Å². The molecule has 10 nitrogen and oxygen atoms in total. The van der Waals surface area contributed by atoms with Gasteiger partial charge in [-0.1, -0.05) is 35.9 Å². The minimum absolute atomic E-state index is 0.0436. The smallest absolute Gasteiger partial charge is 0.364 e. The quantitative estimate of drug-likeness (QED) is 0.189. The summed E-state index contributed by atoms with van der Waals surface area (Å²) in [5, 5.41) is 4.58. The number of ether oxygens (including phenoxy) is 1. The minimum atomic E-state index is -4.43. The molecule has 1 aliphatic heterocycles. The van der Waals surface area contributed by atoms with Crippen molar-refractivity contribution in [1.82, 2.24) is 10.6 Å². The summed E-state index contributed by atoms with van der Waals surface area (Å²) in [7, 11) is -4.43. The number of imide groups is 1. The molecule has 4 aromatic carbocycles. The molecule has 5 rings (SSSR count). The third-order valence-electron chi connectivity index (χ3n) is 5.51. The number of carbonyl (C=O) groups is 3. The molecular formula is C22H16N2O8S. The van der Waals surface area contributed by atoms with E-state index in [1.54, 1.807) is 30.3 Å². The molecule has 0 spiro atoms. The van der Waals surface area contributed by atoms with Crippen LogP contribution in [0.25, 0.3) is 32.3 Å². The summed E-state index contributed by atoms with van der Waals surface area (Å²) in [6.07, 6.45) is 0.0871. The number of hydrogen-bond donors (Lipinski definition) is 2. The molecule has 0 saturated carbocycles. The van der Waals surface area contributed by atoms with Gasteiger partial charge in [0.25, 0.3) is 10.1 Å². The van der Waals surface area contributed by atoms with Crippen LogP contribution >= 0.6 is 0 Å². The Kier molecular flexibility index (Phi) is 4.89. The van der Waals surface area contributed by atoms with Crippen LogP contribution in [-0.2, 0) is 29.3 Å². The fourth-order valence-electron chi connectivity index (χ4n) is 4.04. The number of hydrogen-bond acceptors (Lipinski definition) is 8. The van der Waals surface area contributed by atoms with Gasteiger partial charge in [-0.05, 0) is 34.4 Å². The number of carbonyl (C=O) groups excluding carboxylic acids is 3. The van der Waals surface area contributed by atoms with Gasteiger partial charge in [0.15, 0.2) is 6.61 Å². The Labute approximate surface area is 186 Å². The topological polar surface area (TPSA) is 139 Å². The van der Waals surface area contributed by atoms with Gasteiger partial charge in [-0.3, -0.25) is 14.1 Å². The lowest BCUT2D eigenvalue weighted by atomic mass is 9.94. The Bertz CT molecular complexity index is 1550. The fourth-order valence-corrected chi connectivity index (χ4v) is 4.73. The molecule has 0 bridgehead atoms. The molecule has 0 aromatic heterocycles. The first-order valence-corrected chi connectivity index (χ1v) is 11.3. The summed E-state index contributed by atoms with van der Waals surface area (Å²) in [4.78, 5) is 39.7. The number of nitrogens with zero attached hydrogens (tertiary/aromatic N) is 1. The van der Waals surface area contributed by atoms with Crippen LogP contribution in [-0.4, -0.2) is 42.4 Å². The van der Waals surface area contributed by atoms with Crippen molar-refractivity contribution in [1.29, 1.82) is 0 Å². The van der Waals surface area contributed by atoms with Crippen LogP contribution in [0.2, 0.25) is 0 Å². The van der Waals surface area contributed by atoms with Crippen LogP contribution < -0.4 is 10.3 Å². The average molecular weight is 468 g/mol. The molecule has 1 fully saturated rings. The van der Waals surface area contributed by atoms with Crippen molar-refractivity contribution < 1.29 is 36.9 Å². The molecule has 1 heterocycles. The lowest BCUT2D eigenvalue weighted by Crippen LogP contribution is -2.43. The largest absolute Gasteiger partial charge is 0.481 e. The van der Waals surface area contributed by atoms with E-state index in [4.69, 9.17) is 9.57 Å². The zero-order valence-electron chi connectivity index (χ0n) is 16.9. The highest BCUT2D eigenvalue weighted by atomic mass is 32.2. The minimum Gasteiger partial charge on any atom is -0.481 e. The maximum Gasteiger partial charge on any atom is 0.364 e. The third kappa shape index (κ3) is 3.61. The molecule has 0 atom stereocenters. The molecule has 11 heteroatoms. The van der Waals surface area contributed by atoms with Crippen LogP contribution in [0.4, 0.5) is 0 Å². The Balaban J connectivity index is 1.45. The van der Waals surface area contributed by atoms with Gasteiger partial charge in [0, 0.05) is 29.0 Å². The van der Waals surface area contributed by atoms with Gasteiger partial charge in [-0.15, -0.1) is 0 Å². The molecule has 4 aromatic rings. The molecule has 33 heavy (non-hydrogen) atoms. The number of amides is 2. The van der Waals surface area contributed by atoms with E-state index in [1.807, 2.05) is 17.7 Å². The van der Waals surface area contributed by atoms with Crippen molar-refractivity contribution in [3.05, 3.63) is 48.5 Å². The summed E-state index contributed by atoms with van der Waals surface area (Å²) in [6, 6.07) is 13.4. The van der Waals surface area contributed by atoms with E-state index in [-0.39, 0.29) is 17.7 Å². The lowest BCUT2D eigenvalue weighted by Gasteiger charge is -2.16. The second-order valence-corrected chi connectivity index (χ2v) is 8.89. The van der Waals surface area contributed by atoms with Gasteiger partial charge in [-0.25, -0.2) is 4.79 Å². The van der Waals surface area contributed by atoms with E-state index < -0.39 is 34.5 Å². The number of benzene rings is 4. The number of hydrazine groups is 1. The van der Waals surface area contributed by atoms with Crippen LogP contribution in [0.15, 0.2) is 53.4 Å². The van der Waals surface area contributed by atoms with E-state index in [2.05, 4.69) is 0 Å². The Hall–Kier alpha value is -3.80. The first-order valence-electron chi connectivity index (χ1n) is 9.86. The second-order valence-electron chi connectivity index (χ2n) is 7.50. The van der Waals surface area contributed by atoms with Gasteiger partial charge in [0.05, 0.1) is 0 Å². The zero-order valence-corrected chi connectivity index (χ0v) is 17.7. The van der Waals surface area contributed by atoms with Crippen LogP contribution in [0.1, 0.15) is 12.8 Å². The summed E-state index contributed by atoms with van der Waals surface area (Å²) >= 11 is 0. The molecule has 1 aliphatic rings. The molecule has 0 radical (unpaired) electrons. The van der Waals surface area contributed by atoms with Crippen LogP contribution in [0.5, 0.6) is 5.75 Å². The predicted octanol–water partition coefficient (Wildman–Crippen LogP) is 2.32. The highest BCUT2D eigenvalue weighted by Gasteiger charge is 2.30. The van der Waals surface area contributed by atoms with Crippen molar-refractivity contribution in [2.24, 2.45) is 0 Å². The van der Waals surface area contributed by atoms with E-state index in [1.165, 1.54) is 6.07 Å². The lowest BCUT2D eigenvalue weighted by molar-refractivity contribution is -0.174. The van der Waals surface area contributed by atoms with Gasteiger partial charge >= 0.3 is 5.97 Å². The molecule has 2 amide bonds. The number of nitrogens with one attached hydrogen (secondary N) is 1. The van der Waals surface area contributed by atoms with Crippen molar-refractivity contribution in [2.45, 2.75) is 17.7 Å². The molecule has 1 saturated heterocycles. The first kappa shape index (κ1) is 21.1. The summed E-state index contributed by atoms with van der Waals surface area (Å²) in [5.41, 5.74) is 2.04. The average Bonchev–Trinajstić information content (AvgIpc) is 3.11. The van der Waals surface area contributed by atoms with Gasteiger partial charge in [0.1, 0.15) is 10.6 Å². The normalized spacial score (nSPS) is 14.6. The van der Waals surface area contributed by atoms with E-state index >= 15 is 0 Å². The zero-order chi connectivity index (χ0) is 23.3. The van der Waals surface area contributed by atoms with Crippen LogP contribution in [0, 0.1) is 0 Å². The van der Waals surface area contributed by atoms with Gasteiger partial charge in [0.2, 0.25) is 11.8 Å². The third-order valence-corrected chi connectivity index (χ3v) is 6.42. The predicted molar refractivity (Wildman–Crippen MR) is 116 cm³/mol. The van der Waals surface area contributed by atoms with Gasteiger partial charge in [-0.2, -0.15) is 13.4 Å². The molecule has 2 N–H and O–H groups in total. The maximum atomic E-state index is 12.1. The van der Waals surface area contributed by atoms with Crippen LogP contribution in [0.3, 0.4) is 0 Å². The molecule has 0 aliphatic carbocycles. The molecule has 168 valence electrons. The summed E-state index contributed by atoms with van der Waals surface area (Å²) in [5.74, 6) is -1.50. The first-order chi connectivity index (χ1) is 15.7. The SMILES string of the molecule is O=C(COc1ccc2ccc3ccc(S(=O)(=O)O)c4ccc1c2c34)ONN1C(=O)CCC1=O. The van der Waals surface area contributed by atoms with E-state index in [0.29, 0.717) is 32.3 Å². The van der Waals surface area contributed by atoms with Crippen molar-refractivity contribution in [2.75, 3.05) is 6.61 Å². The summed E-state index contributed by atoms with van der Waals surface area (Å²) < 4.78 is 38.9. The maximum absolute atomic E-state index is 12.1. The Morgan fingerprint density at radius 3 is 2.15 bits per heavy atom. The Morgan fingerprint density at radius 2 is 1.48 bits per heavy atom. The highest BCUT2D eigenvalue weighted by Crippen LogP contribution is 2.40. The second kappa shape index (κ2) is 7.66. The molecular weight excluding hydrogens is 452 g/mol. The van der Waals surface area contributed by atoms with E-state index in [0.717, 1.165) is 10.8 Å². The number of rotatable bonds is 6. The molecule has 0 unspecified atom stereocenters. The fraction of sp³-hybridized carbons (Fsp3) is 0.136. The summed E-state index contributed by atoms with van der Waals surface area (Å²) in [6.45, 7) is -0.510. The van der Waals surface area contributed by atoms with Crippen molar-refractivity contribution >= 4 is 60.2 Å². The Morgan fingerprint density at radius 1 is 0.909 bits per heavy atom. The standard InChI is InChI=1S/C22H16N2O8S/c25-18-9-10-19(26)24(18)23-32-20(27)11-31-16-7-3-12-1-2-13-4-8-17(33(28,29)30)15-6-5-14(16)21(12)22(13)15/h1-8,23H,9-11H2,(H,28,29,30). The van der Waals surface area contributed by atoms with E-state index in [9.17, 15) is 27.4 Å². The monoisotopic (exact) mass is 468 g/mol.